The zero-order valence-electron chi connectivity index (χ0n) is 15.8. The van der Waals surface area contributed by atoms with Crippen molar-refractivity contribution in [3.05, 3.63) is 94.3 Å². The molecule has 1 aliphatic rings. The van der Waals surface area contributed by atoms with E-state index >= 15 is 0 Å². The highest BCUT2D eigenvalue weighted by Crippen LogP contribution is 2.36. The van der Waals surface area contributed by atoms with E-state index in [2.05, 4.69) is 41.5 Å². The fourth-order valence-electron chi connectivity index (χ4n) is 4.15. The first-order valence-corrected chi connectivity index (χ1v) is 9.43. The molecule has 1 atom stereocenters. The van der Waals surface area contributed by atoms with Crippen molar-refractivity contribution < 1.29 is 8.78 Å². The molecule has 4 heteroatoms. The predicted octanol–water partition coefficient (Wildman–Crippen LogP) is 5.38. The summed E-state index contributed by atoms with van der Waals surface area (Å²) in [6, 6.07) is 14.0. The zero-order valence-corrected chi connectivity index (χ0v) is 15.8. The van der Waals surface area contributed by atoms with Gasteiger partial charge in [0, 0.05) is 37.1 Å². The summed E-state index contributed by atoms with van der Waals surface area (Å²) in [5.41, 5.74) is 4.72. The molecule has 0 amide bonds. The molecule has 4 rings (SSSR count). The maximum Gasteiger partial charge on any atom is 0.131 e. The smallest absolute Gasteiger partial charge is 0.131 e. The van der Waals surface area contributed by atoms with E-state index in [1.807, 2.05) is 18.3 Å². The average Bonchev–Trinajstić information content (AvgIpc) is 3.01. The minimum atomic E-state index is -0.486. The third-order valence-corrected chi connectivity index (χ3v) is 5.50. The quantitative estimate of drug-likeness (QED) is 0.604. The van der Waals surface area contributed by atoms with Crippen LogP contribution in [0.5, 0.6) is 0 Å². The number of aryl methyl sites for hydroxylation is 3. The maximum atomic E-state index is 14.7. The van der Waals surface area contributed by atoms with Gasteiger partial charge in [-0.15, -0.1) is 0 Å². The van der Waals surface area contributed by atoms with Gasteiger partial charge in [0.2, 0.25) is 0 Å². The van der Waals surface area contributed by atoms with E-state index in [9.17, 15) is 8.78 Å². The fourth-order valence-corrected chi connectivity index (χ4v) is 4.15. The van der Waals surface area contributed by atoms with Crippen molar-refractivity contribution in [1.29, 1.82) is 0 Å². The van der Waals surface area contributed by atoms with Crippen molar-refractivity contribution >= 4 is 0 Å². The normalized spacial score (nSPS) is 17.6. The van der Waals surface area contributed by atoms with Crippen LogP contribution in [0, 0.1) is 25.5 Å². The molecule has 1 unspecified atom stereocenters. The third-order valence-electron chi connectivity index (χ3n) is 5.50. The molecule has 2 nitrogen and oxygen atoms in total. The lowest BCUT2D eigenvalue weighted by molar-refractivity contribution is 0.212. The molecule has 1 aliphatic heterocycles. The summed E-state index contributed by atoms with van der Waals surface area (Å²) in [7, 11) is 0. The van der Waals surface area contributed by atoms with Crippen molar-refractivity contribution in [3.63, 3.8) is 0 Å². The van der Waals surface area contributed by atoms with Crippen molar-refractivity contribution in [2.75, 3.05) is 6.54 Å². The molecule has 0 radical (unpaired) electrons. The van der Waals surface area contributed by atoms with Gasteiger partial charge in [-0.05, 0) is 55.7 Å². The van der Waals surface area contributed by atoms with Gasteiger partial charge in [-0.1, -0.05) is 29.8 Å². The molecular weight excluding hydrogens is 342 g/mol. The summed E-state index contributed by atoms with van der Waals surface area (Å²) in [6.07, 6.45) is 2.95. The second-order valence-corrected chi connectivity index (χ2v) is 7.42. The van der Waals surface area contributed by atoms with E-state index in [0.29, 0.717) is 6.54 Å². The second kappa shape index (κ2) is 7.28. The minimum absolute atomic E-state index is 0.143. The van der Waals surface area contributed by atoms with Crippen LogP contribution in [0.3, 0.4) is 0 Å². The van der Waals surface area contributed by atoms with Gasteiger partial charge in [-0.25, -0.2) is 8.78 Å². The Hall–Kier alpha value is -2.46. The van der Waals surface area contributed by atoms with Crippen LogP contribution in [0.25, 0.3) is 0 Å². The van der Waals surface area contributed by atoms with E-state index in [0.717, 1.165) is 25.2 Å². The molecule has 0 bridgehead atoms. The minimum Gasteiger partial charge on any atom is -0.350 e. The Labute approximate surface area is 159 Å². The molecule has 0 fully saturated rings. The average molecular weight is 366 g/mol. The maximum absolute atomic E-state index is 14.7. The van der Waals surface area contributed by atoms with Gasteiger partial charge in [0.25, 0.3) is 0 Å². The number of halogens is 2. The van der Waals surface area contributed by atoms with Crippen LogP contribution in [-0.4, -0.2) is 16.0 Å². The molecular formula is C23H24F2N2. The van der Waals surface area contributed by atoms with Crippen molar-refractivity contribution in [2.24, 2.45) is 0 Å². The number of fused-ring (bicyclic) bond motifs is 1. The van der Waals surface area contributed by atoms with Crippen molar-refractivity contribution in [3.8, 4) is 0 Å². The molecule has 27 heavy (non-hydrogen) atoms. The van der Waals surface area contributed by atoms with Gasteiger partial charge in [0.1, 0.15) is 11.6 Å². The highest BCUT2D eigenvalue weighted by molar-refractivity contribution is 5.34. The summed E-state index contributed by atoms with van der Waals surface area (Å²) < 4.78 is 31.6. The lowest BCUT2D eigenvalue weighted by Gasteiger charge is -2.31. The van der Waals surface area contributed by atoms with Gasteiger partial charge in [-0.3, -0.25) is 4.90 Å². The third kappa shape index (κ3) is 3.42. The van der Waals surface area contributed by atoms with Gasteiger partial charge in [-0.2, -0.15) is 0 Å². The Morgan fingerprint density at radius 2 is 1.74 bits per heavy atom. The molecule has 3 aromatic rings. The summed E-state index contributed by atoms with van der Waals surface area (Å²) >= 11 is 0. The van der Waals surface area contributed by atoms with Crippen LogP contribution in [0.15, 0.2) is 54.7 Å². The van der Waals surface area contributed by atoms with Crippen LogP contribution >= 0.6 is 0 Å². The van der Waals surface area contributed by atoms with Crippen molar-refractivity contribution in [2.45, 2.75) is 39.4 Å². The van der Waals surface area contributed by atoms with Gasteiger partial charge < -0.3 is 4.57 Å². The van der Waals surface area contributed by atoms with Crippen LogP contribution in [-0.2, 0) is 13.1 Å². The molecule has 140 valence electrons. The van der Waals surface area contributed by atoms with Gasteiger partial charge in [0.15, 0.2) is 0 Å². The largest absolute Gasteiger partial charge is 0.350 e. The molecule has 0 spiro atoms. The number of rotatable bonds is 3. The SMILES string of the molecule is Cc1ccc(CN2CCCn3cccc3C2c2c(F)cccc2F)c(C)c1. The molecule has 1 aromatic heterocycles. The summed E-state index contributed by atoms with van der Waals surface area (Å²) in [5, 5.41) is 0. The summed E-state index contributed by atoms with van der Waals surface area (Å²) in [4.78, 5) is 2.21. The van der Waals surface area contributed by atoms with Crippen LogP contribution < -0.4 is 0 Å². The van der Waals surface area contributed by atoms with Crippen molar-refractivity contribution in [1.82, 2.24) is 9.47 Å². The number of aromatic nitrogens is 1. The monoisotopic (exact) mass is 366 g/mol. The zero-order chi connectivity index (χ0) is 19.0. The predicted molar refractivity (Wildman–Crippen MR) is 104 cm³/mol. The fraction of sp³-hybridized carbons (Fsp3) is 0.304. The Kier molecular flexibility index (Phi) is 4.83. The van der Waals surface area contributed by atoms with E-state index in [4.69, 9.17) is 0 Å². The summed E-state index contributed by atoms with van der Waals surface area (Å²) in [6.45, 7) is 6.48. The van der Waals surface area contributed by atoms with Crippen LogP contribution in [0.2, 0.25) is 0 Å². The van der Waals surface area contributed by atoms with E-state index in [-0.39, 0.29) is 5.56 Å². The highest BCUT2D eigenvalue weighted by Gasteiger charge is 2.31. The standard InChI is InChI=1S/C23H24F2N2/c1-16-9-10-18(17(2)14-16)15-27-13-5-12-26-11-4-8-21(26)23(27)22-19(24)6-3-7-20(22)25/h3-4,6-11,14,23H,5,12-13,15H2,1-2H3. The molecule has 0 saturated carbocycles. The van der Waals surface area contributed by atoms with E-state index < -0.39 is 17.7 Å². The lowest BCUT2D eigenvalue weighted by atomic mass is 9.98. The first-order valence-electron chi connectivity index (χ1n) is 9.43. The Morgan fingerprint density at radius 3 is 2.48 bits per heavy atom. The van der Waals surface area contributed by atoms with Gasteiger partial charge >= 0.3 is 0 Å². The summed E-state index contributed by atoms with van der Waals surface area (Å²) in [5.74, 6) is -0.972. The first-order chi connectivity index (χ1) is 13.0. The Balaban J connectivity index is 1.81. The number of hydrogen-bond donors (Lipinski definition) is 0. The van der Waals surface area contributed by atoms with Crippen LogP contribution in [0.1, 0.15) is 40.4 Å². The van der Waals surface area contributed by atoms with Crippen LogP contribution in [0.4, 0.5) is 8.78 Å². The Bertz CT molecular complexity index is 941. The van der Waals surface area contributed by atoms with E-state index in [1.54, 1.807) is 0 Å². The van der Waals surface area contributed by atoms with Gasteiger partial charge in [0.05, 0.1) is 6.04 Å². The molecule has 2 heterocycles. The number of benzene rings is 2. The lowest BCUT2D eigenvalue weighted by Crippen LogP contribution is -2.31. The molecule has 0 aliphatic carbocycles. The second-order valence-electron chi connectivity index (χ2n) is 7.42. The number of hydrogen-bond acceptors (Lipinski definition) is 1. The number of nitrogens with zero attached hydrogens (tertiary/aromatic N) is 2. The molecule has 2 aromatic carbocycles. The van der Waals surface area contributed by atoms with E-state index in [1.165, 1.54) is 34.9 Å². The Morgan fingerprint density at radius 1 is 0.963 bits per heavy atom. The topological polar surface area (TPSA) is 8.17 Å². The molecule has 0 N–H and O–H groups in total. The first kappa shape index (κ1) is 17.9. The highest BCUT2D eigenvalue weighted by atomic mass is 19.1. The molecule has 0 saturated heterocycles.